The van der Waals surface area contributed by atoms with Gasteiger partial charge in [-0.25, -0.2) is 0 Å². The third kappa shape index (κ3) is 1.85. The van der Waals surface area contributed by atoms with Crippen LogP contribution in [0.25, 0.3) is 0 Å². The van der Waals surface area contributed by atoms with Crippen LogP contribution in [0.5, 0.6) is 0 Å². The molecule has 1 aromatic rings. The third-order valence-corrected chi connectivity index (χ3v) is 3.59. The predicted octanol–water partition coefficient (Wildman–Crippen LogP) is 2.92. The minimum Gasteiger partial charge on any atom is -0.481 e. The van der Waals surface area contributed by atoms with Crippen molar-refractivity contribution in [1.29, 1.82) is 0 Å². The van der Waals surface area contributed by atoms with Crippen LogP contribution in [-0.2, 0) is 11.0 Å². The van der Waals surface area contributed by atoms with E-state index in [1.165, 1.54) is 0 Å². The van der Waals surface area contributed by atoms with E-state index < -0.39 is 35.0 Å². The molecule has 18 heavy (non-hydrogen) atoms. The number of aliphatic carboxylic acids is 1. The van der Waals surface area contributed by atoms with Gasteiger partial charge in [-0.1, -0.05) is 13.8 Å². The van der Waals surface area contributed by atoms with Crippen LogP contribution in [-0.4, -0.2) is 16.1 Å². The van der Waals surface area contributed by atoms with Crippen molar-refractivity contribution in [2.45, 2.75) is 25.9 Å². The number of carbonyl (C=O) groups is 1. The Kier molecular flexibility index (Phi) is 2.64. The number of alkyl halides is 3. The van der Waals surface area contributed by atoms with Crippen LogP contribution in [0.3, 0.4) is 0 Å². The topological polar surface area (TPSA) is 50.2 Å². The Bertz CT molecular complexity index is 496. The van der Waals surface area contributed by atoms with Crippen molar-refractivity contribution in [3.8, 4) is 0 Å². The number of aromatic nitrogens is 1. The number of hydrogen-bond donors (Lipinski definition) is 1. The molecule has 1 aliphatic rings. The van der Waals surface area contributed by atoms with Crippen LogP contribution in [0, 0.1) is 11.3 Å². The van der Waals surface area contributed by atoms with Crippen molar-refractivity contribution in [3.63, 3.8) is 0 Å². The van der Waals surface area contributed by atoms with Gasteiger partial charge in [0.05, 0.1) is 11.5 Å². The first-order valence-corrected chi connectivity index (χ1v) is 5.41. The van der Waals surface area contributed by atoms with Crippen molar-refractivity contribution >= 4 is 5.97 Å². The summed E-state index contributed by atoms with van der Waals surface area (Å²) in [5, 5.41) is 9.01. The average molecular weight is 259 g/mol. The highest BCUT2D eigenvalue weighted by Crippen LogP contribution is 2.65. The molecule has 0 aromatic carbocycles. The summed E-state index contributed by atoms with van der Waals surface area (Å²) in [6, 6.07) is 0.892. The number of halogens is 3. The third-order valence-electron chi connectivity index (χ3n) is 3.59. The molecule has 1 fully saturated rings. The normalized spacial score (nSPS) is 25.8. The number of nitrogens with zero attached hydrogens (tertiary/aromatic N) is 1. The highest BCUT2D eigenvalue weighted by molar-refractivity contribution is 5.77. The summed E-state index contributed by atoms with van der Waals surface area (Å²) in [4.78, 5) is 14.7. The molecule has 1 N–H and O–H groups in total. The largest absolute Gasteiger partial charge is 0.481 e. The van der Waals surface area contributed by atoms with Crippen molar-refractivity contribution in [2.24, 2.45) is 11.3 Å². The van der Waals surface area contributed by atoms with E-state index in [-0.39, 0.29) is 5.56 Å². The fourth-order valence-corrected chi connectivity index (χ4v) is 2.59. The second-order valence-corrected chi connectivity index (χ2v) is 5.08. The van der Waals surface area contributed by atoms with Gasteiger partial charge in [0.2, 0.25) is 0 Å². The van der Waals surface area contributed by atoms with Gasteiger partial charge in [0.1, 0.15) is 0 Å². The molecule has 0 amide bonds. The van der Waals surface area contributed by atoms with Crippen LogP contribution in [0.4, 0.5) is 13.2 Å². The molecule has 2 atom stereocenters. The van der Waals surface area contributed by atoms with E-state index in [1.54, 1.807) is 13.8 Å². The average Bonchev–Trinajstić information content (AvgIpc) is 2.80. The molecule has 6 heteroatoms. The van der Waals surface area contributed by atoms with Gasteiger partial charge < -0.3 is 5.11 Å². The molecule has 0 saturated heterocycles. The van der Waals surface area contributed by atoms with E-state index in [0.29, 0.717) is 0 Å². The first-order chi connectivity index (χ1) is 8.17. The zero-order valence-electron chi connectivity index (χ0n) is 9.82. The minimum absolute atomic E-state index is 0.0256. The van der Waals surface area contributed by atoms with Crippen LogP contribution in [0.15, 0.2) is 18.5 Å². The molecule has 0 bridgehead atoms. The first-order valence-electron chi connectivity index (χ1n) is 5.41. The molecular formula is C12H12F3NO2. The molecule has 1 aromatic heterocycles. The minimum atomic E-state index is -4.49. The van der Waals surface area contributed by atoms with E-state index in [2.05, 4.69) is 4.98 Å². The Morgan fingerprint density at radius 2 is 2.06 bits per heavy atom. The molecule has 1 saturated carbocycles. The summed E-state index contributed by atoms with van der Waals surface area (Å²) in [7, 11) is 0. The summed E-state index contributed by atoms with van der Waals surface area (Å²) in [6.07, 6.45) is -2.30. The molecule has 1 heterocycles. The summed E-state index contributed by atoms with van der Waals surface area (Å²) in [5.74, 6) is -2.50. The summed E-state index contributed by atoms with van der Waals surface area (Å²) in [6.45, 7) is 3.31. The lowest BCUT2D eigenvalue weighted by Crippen LogP contribution is -2.10. The van der Waals surface area contributed by atoms with Gasteiger partial charge in [-0.15, -0.1) is 0 Å². The Morgan fingerprint density at radius 1 is 1.44 bits per heavy atom. The molecule has 2 rings (SSSR count). The van der Waals surface area contributed by atoms with E-state index in [9.17, 15) is 18.0 Å². The molecular weight excluding hydrogens is 247 g/mol. The van der Waals surface area contributed by atoms with Crippen LogP contribution < -0.4 is 0 Å². The zero-order chi connectivity index (χ0) is 13.7. The molecule has 0 radical (unpaired) electrons. The Balaban J connectivity index is 2.46. The summed E-state index contributed by atoms with van der Waals surface area (Å²) in [5.41, 5.74) is -1.49. The van der Waals surface area contributed by atoms with E-state index in [1.807, 2.05) is 0 Å². The van der Waals surface area contributed by atoms with E-state index >= 15 is 0 Å². The second kappa shape index (κ2) is 3.70. The lowest BCUT2D eigenvalue weighted by molar-refractivity contribution is -0.140. The standard InChI is InChI=1S/C12H12F3NO2/c1-11(2)8(9(11)10(17)18)6-5-16-4-3-7(6)12(13,14)15/h3-5,8-9H,1-2H3,(H,17,18)/t8-,9+/m1/s1. The van der Waals surface area contributed by atoms with Gasteiger partial charge in [0.25, 0.3) is 0 Å². The Labute approximate surface area is 102 Å². The van der Waals surface area contributed by atoms with Gasteiger partial charge in [0, 0.05) is 18.3 Å². The van der Waals surface area contributed by atoms with Crippen LogP contribution in [0.2, 0.25) is 0 Å². The molecule has 98 valence electrons. The van der Waals surface area contributed by atoms with Gasteiger partial charge in [-0.2, -0.15) is 13.2 Å². The maximum atomic E-state index is 12.8. The Hall–Kier alpha value is -1.59. The molecule has 1 aliphatic carbocycles. The van der Waals surface area contributed by atoms with Crippen molar-refractivity contribution in [2.75, 3.05) is 0 Å². The molecule has 3 nitrogen and oxygen atoms in total. The lowest BCUT2D eigenvalue weighted by Gasteiger charge is -2.12. The molecule has 0 aliphatic heterocycles. The Morgan fingerprint density at radius 3 is 2.50 bits per heavy atom. The van der Waals surface area contributed by atoms with Gasteiger partial charge >= 0.3 is 12.1 Å². The number of rotatable bonds is 2. The van der Waals surface area contributed by atoms with Gasteiger partial charge in [-0.3, -0.25) is 9.78 Å². The van der Waals surface area contributed by atoms with Gasteiger partial charge in [-0.05, 0) is 17.0 Å². The van der Waals surface area contributed by atoms with Crippen LogP contribution >= 0.6 is 0 Å². The van der Waals surface area contributed by atoms with Crippen molar-refractivity contribution in [3.05, 3.63) is 29.6 Å². The highest BCUT2D eigenvalue weighted by Gasteiger charge is 2.64. The fourth-order valence-electron chi connectivity index (χ4n) is 2.59. The fraction of sp³-hybridized carbons (Fsp3) is 0.500. The van der Waals surface area contributed by atoms with Crippen molar-refractivity contribution in [1.82, 2.24) is 4.98 Å². The lowest BCUT2D eigenvalue weighted by atomic mass is 10.00. The van der Waals surface area contributed by atoms with E-state index in [0.717, 1.165) is 18.5 Å². The molecule has 0 spiro atoms. The quantitative estimate of drug-likeness (QED) is 0.888. The van der Waals surface area contributed by atoms with Crippen molar-refractivity contribution < 1.29 is 23.1 Å². The smallest absolute Gasteiger partial charge is 0.416 e. The maximum Gasteiger partial charge on any atom is 0.416 e. The SMILES string of the molecule is CC1(C)[C@H](C(=O)O)[C@H]1c1cnccc1C(F)(F)F. The van der Waals surface area contributed by atoms with E-state index in [4.69, 9.17) is 5.11 Å². The monoisotopic (exact) mass is 259 g/mol. The zero-order valence-corrected chi connectivity index (χ0v) is 9.82. The predicted molar refractivity (Wildman–Crippen MR) is 56.9 cm³/mol. The number of carboxylic acids is 1. The molecule has 0 unspecified atom stereocenters. The van der Waals surface area contributed by atoms with Crippen LogP contribution in [0.1, 0.15) is 30.9 Å². The number of carboxylic acid groups (broad SMARTS) is 1. The summed E-state index contributed by atoms with van der Waals surface area (Å²) >= 11 is 0. The maximum absolute atomic E-state index is 12.8. The second-order valence-electron chi connectivity index (χ2n) is 5.08. The highest BCUT2D eigenvalue weighted by atomic mass is 19.4. The number of pyridine rings is 1. The first kappa shape index (κ1) is 12.9. The summed E-state index contributed by atoms with van der Waals surface area (Å²) < 4.78 is 38.5. The number of hydrogen-bond acceptors (Lipinski definition) is 2. The van der Waals surface area contributed by atoms with Gasteiger partial charge in [0.15, 0.2) is 0 Å².